The topological polar surface area (TPSA) is 333 Å². The molecule has 5 aliphatic heterocycles. The highest BCUT2D eigenvalue weighted by atomic mass is 19.1. The summed E-state index contributed by atoms with van der Waals surface area (Å²) in [6, 6.07) is 55.7. The first-order valence-electron chi connectivity index (χ1n) is 46.8. The van der Waals surface area contributed by atoms with Gasteiger partial charge < -0.3 is 24.9 Å². The van der Waals surface area contributed by atoms with Crippen molar-refractivity contribution in [3.8, 4) is 0 Å². The van der Waals surface area contributed by atoms with Crippen molar-refractivity contribution in [2.24, 2.45) is 59.2 Å². The zero-order valence-electron chi connectivity index (χ0n) is 78.7. The van der Waals surface area contributed by atoms with E-state index in [1.807, 2.05) is 0 Å². The molecule has 708 valence electrons. The van der Waals surface area contributed by atoms with Crippen LogP contribution in [0, 0.1) is 71.9 Å². The average molecular weight is 1860 g/mol. The molecule has 138 heavy (non-hydrogen) atoms. The first-order chi connectivity index (χ1) is 66.7. The molecule has 16 atom stereocenters. The molecule has 0 saturated carbocycles. The van der Waals surface area contributed by atoms with Crippen LogP contribution in [0.5, 0.6) is 0 Å². The summed E-state index contributed by atoms with van der Waals surface area (Å²) in [4.78, 5) is 260. The van der Waals surface area contributed by atoms with E-state index >= 15 is 61.9 Å². The average Bonchev–Trinajstić information content (AvgIpc) is 0.663. The number of halogens is 1. The van der Waals surface area contributed by atoms with Crippen LogP contribution in [0.15, 0.2) is 280 Å². The Morgan fingerprint density at radius 3 is 0.986 bits per heavy atom. The lowest BCUT2D eigenvalue weighted by Crippen LogP contribution is -2.93. The number of likely N-dealkylation sites (tertiary alicyclic amines) is 4. The number of likely N-dealkylation sites (N-methyl/N-ethyl adjacent to an activating group) is 4. The Morgan fingerprint density at radius 1 is 0.341 bits per heavy atom. The summed E-state index contributed by atoms with van der Waals surface area (Å²) in [6.07, 6.45) is 13.6. The van der Waals surface area contributed by atoms with Gasteiger partial charge in [-0.05, 0) is 97.3 Å². The predicted octanol–water partition coefficient (Wildman–Crippen LogP) is 11.0. The van der Waals surface area contributed by atoms with Crippen LogP contribution in [-0.4, -0.2) is 289 Å². The number of hydrogen-bond acceptors (Lipinski definition) is 24. The number of aromatic nitrogens is 7. The van der Waals surface area contributed by atoms with Crippen LogP contribution in [0.1, 0.15) is 136 Å². The lowest BCUT2D eigenvalue weighted by atomic mass is 9.56. The van der Waals surface area contributed by atoms with Gasteiger partial charge in [-0.3, -0.25) is 82.1 Å². The summed E-state index contributed by atoms with van der Waals surface area (Å²) in [5.74, 6) is -29.3. The SMILES string of the molecule is Cc1c(F)cccc1C1[C@@H](C(=O)c2ncccn2)CN(C(C(=O)N(C)C)C(C(=O)N(C)C)(N2C[C@H](C(=O)c3ccccc3)C(c3ccncc3)[C@H](C(=O)c3ccccc3)C2)C(C(=O)N(C)C)(C(C(=O)N(C)C)N2C[C@H](C(=O)c3ccccc3)C(c3cncnc3)[C@H](C(=O)c3ccccc3)C2)N2C[C@H](C(=O)c3ccccc3)C(C3CCNCC3)[C@H](C(=O)c3ccccc3)C2)C[C@H]1C(=O)c1ncccn1. The summed E-state index contributed by atoms with van der Waals surface area (Å²) >= 11 is 0. The van der Waals surface area contributed by atoms with Crippen LogP contribution >= 0.6 is 0 Å². The van der Waals surface area contributed by atoms with Gasteiger partial charge in [-0.25, -0.2) is 34.3 Å². The van der Waals surface area contributed by atoms with E-state index in [9.17, 15) is 0 Å². The number of piperidine rings is 5. The normalized spacial score (nSPS) is 23.0. The molecule has 11 aromatic rings. The molecular formula is C109H113FN16O12. The molecule has 0 radical (unpaired) electrons. The van der Waals surface area contributed by atoms with E-state index in [0.717, 1.165) is 4.90 Å². The zero-order valence-corrected chi connectivity index (χ0v) is 78.7. The van der Waals surface area contributed by atoms with Crippen molar-refractivity contribution in [1.29, 1.82) is 0 Å². The van der Waals surface area contributed by atoms with E-state index < -0.39 is 240 Å². The molecule has 4 aromatic heterocycles. The molecule has 29 heteroatoms. The third-order valence-electron chi connectivity index (χ3n) is 29.1. The second kappa shape index (κ2) is 42.3. The highest BCUT2D eigenvalue weighted by molar-refractivity contribution is 6.11. The number of hydrogen-bond donors (Lipinski definition) is 1. The number of pyridine rings is 1. The number of ketones is 8. The maximum atomic E-state index is 20.2. The largest absolute Gasteiger partial charge is 0.347 e. The fourth-order valence-corrected chi connectivity index (χ4v) is 23.1. The lowest BCUT2D eigenvalue weighted by Gasteiger charge is -2.68. The van der Waals surface area contributed by atoms with Crippen molar-refractivity contribution in [1.82, 2.24) is 79.4 Å². The molecule has 9 heterocycles. The zero-order chi connectivity index (χ0) is 97.4. The second-order valence-electron chi connectivity index (χ2n) is 37.7. The fraction of sp³-hybridized carbons (Fsp3) is 0.349. The van der Waals surface area contributed by atoms with E-state index in [1.54, 1.807) is 215 Å². The van der Waals surface area contributed by atoms with E-state index in [4.69, 9.17) is 0 Å². The van der Waals surface area contributed by atoms with Crippen molar-refractivity contribution in [2.75, 3.05) is 122 Å². The Kier molecular flexibility index (Phi) is 29.7. The molecule has 0 aliphatic carbocycles. The minimum absolute atomic E-state index is 0.0114. The molecule has 16 rings (SSSR count). The molecule has 8 unspecified atom stereocenters. The maximum Gasteiger partial charge on any atom is 0.247 e. The molecule has 5 fully saturated rings. The standard InChI is InChI=1S/C109H113FN16O12/c1-68-78(43-28-44-87(68)110)91-81(98(133)102-115-49-29-50-116-102)61-124(62-82(91)99(134)103-117-51-30-52-118-103)101(105(136)120(4)5)109(107(138)122(8)9,126-65-85(96(131)75-39-24-14-25-40-75)89(70-47-55-112-56-48-70)86(66-126)97(132)76-41-26-15-27-42-76)108(106(137)121(6)7,125-63-83(94(129)73-35-20-12-21-36-73)88(69-45-53-111-54-46-69)84(64-125)95(130)74-37-22-13-23-38-74)100(104(135)119(2)3)123-59-79(92(127)71-31-16-10-17-32-71)90(77-57-113-67-114-58-77)80(60-123)93(128)72-33-18-11-19-34-72/h10-44,47-52,55-58,67,69,79-86,88-91,100-101,111H,45-46,53-54,59-66H2,1-9H3/t79-,80+,81-,82+,83-,84+,85-,86+,88?,89?,90?,91?,100?,101?,108?,109?. The Bertz CT molecular complexity index is 6000. The monoisotopic (exact) mass is 1860 g/mol. The smallest absolute Gasteiger partial charge is 0.247 e. The van der Waals surface area contributed by atoms with Gasteiger partial charge >= 0.3 is 0 Å². The van der Waals surface area contributed by atoms with Gasteiger partial charge in [0, 0.05) is 257 Å². The number of nitrogens with one attached hydrogen (secondary N) is 1. The molecule has 1 N–H and O–H groups in total. The molecule has 0 spiro atoms. The number of amides is 4. The van der Waals surface area contributed by atoms with Gasteiger partial charge in [0.25, 0.3) is 0 Å². The van der Waals surface area contributed by atoms with Crippen LogP contribution in [-0.2, 0) is 19.2 Å². The minimum Gasteiger partial charge on any atom is -0.347 e. The highest BCUT2D eigenvalue weighted by Gasteiger charge is 2.80. The van der Waals surface area contributed by atoms with Crippen molar-refractivity contribution in [3.63, 3.8) is 0 Å². The summed E-state index contributed by atoms with van der Waals surface area (Å²) < 4.78 is 17.2. The summed E-state index contributed by atoms with van der Waals surface area (Å²) in [6.45, 7) is -3.35. The van der Waals surface area contributed by atoms with E-state index in [-0.39, 0.29) is 44.5 Å². The first kappa shape index (κ1) is 97.0. The Morgan fingerprint density at radius 2 is 0.652 bits per heavy atom. The first-order valence-corrected chi connectivity index (χ1v) is 46.8. The molecule has 0 bridgehead atoms. The number of Topliss-reactive ketones (excluding diaryl/α,β-unsaturated/α-hetero) is 8. The minimum atomic E-state index is -3.54. The van der Waals surface area contributed by atoms with E-state index in [1.165, 1.54) is 163 Å². The number of carbonyl (C=O) groups excluding carboxylic acids is 12. The van der Waals surface area contributed by atoms with Crippen LogP contribution in [0.25, 0.3) is 0 Å². The third-order valence-corrected chi connectivity index (χ3v) is 29.1. The second-order valence-corrected chi connectivity index (χ2v) is 37.7. The van der Waals surface area contributed by atoms with Crippen molar-refractivity contribution >= 4 is 69.9 Å². The molecule has 5 saturated heterocycles. The predicted molar refractivity (Wildman–Crippen MR) is 514 cm³/mol. The van der Waals surface area contributed by atoms with Crippen LogP contribution in [0.2, 0.25) is 0 Å². The molecule has 7 aromatic carbocycles. The van der Waals surface area contributed by atoms with Gasteiger partial charge in [0.15, 0.2) is 57.4 Å². The Hall–Kier alpha value is -14.1. The van der Waals surface area contributed by atoms with Crippen LogP contribution in [0.3, 0.4) is 0 Å². The molecule has 28 nitrogen and oxygen atoms in total. The fourth-order valence-electron chi connectivity index (χ4n) is 23.1. The van der Waals surface area contributed by atoms with Gasteiger partial charge in [-0.2, -0.15) is 0 Å². The molecule has 4 amide bonds. The van der Waals surface area contributed by atoms with Gasteiger partial charge in [0.1, 0.15) is 24.2 Å². The molecule has 5 aliphatic rings. The lowest BCUT2D eigenvalue weighted by molar-refractivity contribution is -0.209. The van der Waals surface area contributed by atoms with Gasteiger partial charge in [0.2, 0.25) is 35.2 Å². The number of benzene rings is 7. The highest BCUT2D eigenvalue weighted by Crippen LogP contribution is 2.57. The Labute approximate surface area is 801 Å². The van der Waals surface area contributed by atoms with Crippen LogP contribution < -0.4 is 5.32 Å². The van der Waals surface area contributed by atoms with Crippen molar-refractivity contribution < 1.29 is 61.9 Å². The van der Waals surface area contributed by atoms with Crippen molar-refractivity contribution in [3.05, 3.63) is 353 Å². The maximum absolute atomic E-state index is 20.2. The number of nitrogens with zero attached hydrogens (tertiary/aromatic N) is 15. The summed E-state index contributed by atoms with van der Waals surface area (Å²) in [5, 5.41) is 3.51. The van der Waals surface area contributed by atoms with Crippen molar-refractivity contribution in [2.45, 2.75) is 60.7 Å². The van der Waals surface area contributed by atoms with Gasteiger partial charge in [-0.1, -0.05) is 194 Å². The van der Waals surface area contributed by atoms with E-state index in [0.29, 0.717) is 37.1 Å². The van der Waals surface area contributed by atoms with Gasteiger partial charge in [-0.15, -0.1) is 0 Å². The third kappa shape index (κ3) is 18.7. The summed E-state index contributed by atoms with van der Waals surface area (Å²) in [5.41, 5.74) is -5.31. The summed E-state index contributed by atoms with van der Waals surface area (Å²) in [7, 11) is 11.3. The van der Waals surface area contributed by atoms with Crippen LogP contribution in [0.4, 0.5) is 4.39 Å². The Balaban J connectivity index is 1.15. The van der Waals surface area contributed by atoms with E-state index in [2.05, 4.69) is 40.2 Å². The molecular weight excluding hydrogens is 1740 g/mol. The number of carbonyl (C=O) groups is 12. The van der Waals surface area contributed by atoms with Gasteiger partial charge in [0.05, 0.1) is 0 Å². The number of rotatable bonds is 31. The quantitative estimate of drug-likeness (QED) is 0.0394.